The van der Waals surface area contributed by atoms with Gasteiger partial charge in [0.15, 0.2) is 0 Å². The lowest BCUT2D eigenvalue weighted by molar-refractivity contribution is -0.384. The van der Waals surface area contributed by atoms with Gasteiger partial charge < -0.3 is 9.64 Å². The summed E-state index contributed by atoms with van der Waals surface area (Å²) in [5.41, 5.74) is 2.09. The van der Waals surface area contributed by atoms with Gasteiger partial charge in [-0.3, -0.25) is 14.9 Å². The third-order valence-electron chi connectivity index (χ3n) is 5.30. The molecule has 1 unspecified atom stereocenters. The molecule has 2 aromatic rings. The van der Waals surface area contributed by atoms with Crippen molar-refractivity contribution < 1.29 is 19.2 Å². The second-order valence-corrected chi connectivity index (χ2v) is 8.65. The maximum Gasteiger partial charge on any atom is 0.336 e. The van der Waals surface area contributed by atoms with Crippen LogP contribution in [0, 0.1) is 16.0 Å². The minimum atomic E-state index is -0.627. The standard InChI is InChI=1S/C24H25ClN2O5/c1-15(2)14-32-24(29)23-16(3)26(13-17-6-4-8-19(25)10-17)22(28)12-21(23)18-7-5-9-20(11-18)27(30)31/h4-11,15,21H,12-14H2,1-3H3. The van der Waals surface area contributed by atoms with Crippen LogP contribution >= 0.6 is 11.6 Å². The van der Waals surface area contributed by atoms with Crippen molar-refractivity contribution in [1.82, 2.24) is 4.90 Å². The Morgan fingerprint density at radius 2 is 1.97 bits per heavy atom. The molecule has 0 fully saturated rings. The molecular weight excluding hydrogens is 432 g/mol. The van der Waals surface area contributed by atoms with Crippen LogP contribution in [-0.2, 0) is 20.9 Å². The summed E-state index contributed by atoms with van der Waals surface area (Å²) in [6.07, 6.45) is 0.00514. The molecule has 3 rings (SSSR count). The van der Waals surface area contributed by atoms with Gasteiger partial charge in [-0.25, -0.2) is 4.79 Å². The molecule has 32 heavy (non-hydrogen) atoms. The SMILES string of the molecule is CC1=C(C(=O)OCC(C)C)C(c2cccc([N+](=O)[O-])c2)CC(=O)N1Cc1cccc(Cl)c1. The molecule has 1 atom stereocenters. The average molecular weight is 457 g/mol. The van der Waals surface area contributed by atoms with Crippen LogP contribution in [0.5, 0.6) is 0 Å². The molecule has 1 aliphatic rings. The number of amides is 1. The highest BCUT2D eigenvalue weighted by Gasteiger charge is 2.37. The highest BCUT2D eigenvalue weighted by atomic mass is 35.5. The fourth-order valence-electron chi connectivity index (χ4n) is 3.75. The quantitative estimate of drug-likeness (QED) is 0.323. The number of nitrogens with zero attached hydrogens (tertiary/aromatic N) is 2. The predicted molar refractivity (Wildman–Crippen MR) is 121 cm³/mol. The van der Waals surface area contributed by atoms with Crippen LogP contribution in [0.3, 0.4) is 0 Å². The Balaban J connectivity index is 2.04. The Bertz CT molecular complexity index is 1080. The van der Waals surface area contributed by atoms with Crippen LogP contribution in [0.1, 0.15) is 44.2 Å². The fourth-order valence-corrected chi connectivity index (χ4v) is 3.96. The van der Waals surface area contributed by atoms with Crippen molar-refractivity contribution >= 4 is 29.2 Å². The largest absolute Gasteiger partial charge is 0.462 e. The molecule has 0 aromatic heterocycles. The Hall–Kier alpha value is -3.19. The van der Waals surface area contributed by atoms with Crippen molar-refractivity contribution in [3.05, 3.63) is 86.1 Å². The van der Waals surface area contributed by atoms with E-state index in [1.54, 1.807) is 42.2 Å². The van der Waals surface area contributed by atoms with E-state index in [9.17, 15) is 19.7 Å². The number of rotatable bonds is 7. The Kier molecular flexibility index (Phi) is 7.30. The summed E-state index contributed by atoms with van der Waals surface area (Å²) in [4.78, 5) is 38.5. The van der Waals surface area contributed by atoms with Crippen LogP contribution in [0.25, 0.3) is 0 Å². The number of esters is 1. The van der Waals surface area contributed by atoms with E-state index in [4.69, 9.17) is 16.3 Å². The van der Waals surface area contributed by atoms with E-state index in [1.807, 2.05) is 19.9 Å². The van der Waals surface area contributed by atoms with Gasteiger partial charge in [-0.1, -0.05) is 49.7 Å². The number of ether oxygens (including phenoxy) is 1. The van der Waals surface area contributed by atoms with Crippen molar-refractivity contribution in [2.24, 2.45) is 5.92 Å². The molecule has 0 N–H and O–H groups in total. The Morgan fingerprint density at radius 3 is 2.62 bits per heavy atom. The van der Waals surface area contributed by atoms with Gasteiger partial charge >= 0.3 is 5.97 Å². The second-order valence-electron chi connectivity index (χ2n) is 8.21. The molecule has 0 spiro atoms. The summed E-state index contributed by atoms with van der Waals surface area (Å²) >= 11 is 6.08. The molecule has 7 nitrogen and oxygen atoms in total. The summed E-state index contributed by atoms with van der Waals surface area (Å²) in [5.74, 6) is -1.18. The maximum absolute atomic E-state index is 13.1. The lowest BCUT2D eigenvalue weighted by Gasteiger charge is -2.34. The van der Waals surface area contributed by atoms with Crippen molar-refractivity contribution in [2.75, 3.05) is 6.61 Å². The van der Waals surface area contributed by atoms with Crippen molar-refractivity contribution in [2.45, 2.75) is 39.7 Å². The fraction of sp³-hybridized carbons (Fsp3) is 0.333. The zero-order valence-electron chi connectivity index (χ0n) is 18.2. The van der Waals surface area contributed by atoms with Gasteiger partial charge in [-0.2, -0.15) is 0 Å². The molecule has 0 aliphatic carbocycles. The minimum absolute atomic E-state index is 0.00514. The summed E-state index contributed by atoms with van der Waals surface area (Å²) < 4.78 is 5.51. The zero-order valence-corrected chi connectivity index (χ0v) is 19.0. The van der Waals surface area contributed by atoms with Gasteiger partial charge in [0.25, 0.3) is 5.69 Å². The monoisotopic (exact) mass is 456 g/mol. The van der Waals surface area contributed by atoms with Crippen molar-refractivity contribution in [3.8, 4) is 0 Å². The van der Waals surface area contributed by atoms with Gasteiger partial charge in [-0.15, -0.1) is 0 Å². The third-order valence-corrected chi connectivity index (χ3v) is 5.54. The average Bonchev–Trinajstić information content (AvgIpc) is 2.74. The molecule has 168 valence electrons. The first-order chi connectivity index (χ1) is 15.2. The third kappa shape index (κ3) is 5.34. The molecular formula is C24H25ClN2O5. The van der Waals surface area contributed by atoms with Gasteiger partial charge in [0.1, 0.15) is 0 Å². The van der Waals surface area contributed by atoms with Crippen LogP contribution in [0.4, 0.5) is 5.69 Å². The van der Waals surface area contributed by atoms with Crippen molar-refractivity contribution in [1.29, 1.82) is 0 Å². The number of hydrogen-bond donors (Lipinski definition) is 0. The molecule has 0 saturated carbocycles. The molecule has 8 heteroatoms. The number of nitro benzene ring substituents is 1. The maximum atomic E-state index is 13.1. The van der Waals surface area contributed by atoms with E-state index in [0.717, 1.165) is 5.56 Å². The highest BCUT2D eigenvalue weighted by molar-refractivity contribution is 6.30. The van der Waals surface area contributed by atoms with E-state index in [-0.39, 0.29) is 37.1 Å². The second kappa shape index (κ2) is 9.96. The topological polar surface area (TPSA) is 89.7 Å². The number of nitro groups is 1. The Morgan fingerprint density at radius 1 is 1.25 bits per heavy atom. The molecule has 1 amide bonds. The normalized spacial score (nSPS) is 16.5. The number of halogens is 1. The number of carbonyl (C=O) groups is 2. The van der Waals surface area contributed by atoms with Crippen LogP contribution in [-0.4, -0.2) is 28.3 Å². The number of allylic oxidation sites excluding steroid dienone is 1. The van der Waals surface area contributed by atoms with E-state index in [0.29, 0.717) is 21.9 Å². The van der Waals surface area contributed by atoms with Gasteiger partial charge in [-0.05, 0) is 36.1 Å². The first kappa shape index (κ1) is 23.5. The zero-order chi connectivity index (χ0) is 23.4. The lowest BCUT2D eigenvalue weighted by Crippen LogP contribution is -2.38. The predicted octanol–water partition coefficient (Wildman–Crippen LogP) is 5.24. The number of non-ortho nitro benzene ring substituents is 1. The molecule has 1 aliphatic heterocycles. The van der Waals surface area contributed by atoms with Gasteiger partial charge in [0.2, 0.25) is 5.91 Å². The van der Waals surface area contributed by atoms with E-state index in [2.05, 4.69) is 0 Å². The lowest BCUT2D eigenvalue weighted by atomic mass is 9.83. The first-order valence-corrected chi connectivity index (χ1v) is 10.7. The number of benzene rings is 2. The van der Waals surface area contributed by atoms with E-state index < -0.39 is 16.8 Å². The molecule has 0 saturated heterocycles. The molecule has 2 aromatic carbocycles. The van der Waals surface area contributed by atoms with E-state index in [1.165, 1.54) is 12.1 Å². The summed E-state index contributed by atoms with van der Waals surface area (Å²) in [7, 11) is 0. The summed E-state index contributed by atoms with van der Waals surface area (Å²) in [5, 5.41) is 11.8. The smallest absolute Gasteiger partial charge is 0.336 e. The summed E-state index contributed by atoms with van der Waals surface area (Å²) in [6, 6.07) is 13.2. The Labute approximate surface area is 191 Å². The molecule has 0 radical (unpaired) electrons. The first-order valence-electron chi connectivity index (χ1n) is 10.3. The number of hydrogen-bond acceptors (Lipinski definition) is 5. The molecule has 0 bridgehead atoms. The van der Waals surface area contributed by atoms with Gasteiger partial charge in [0, 0.05) is 35.2 Å². The van der Waals surface area contributed by atoms with Crippen LogP contribution < -0.4 is 0 Å². The van der Waals surface area contributed by atoms with Gasteiger partial charge in [0.05, 0.1) is 23.6 Å². The van der Waals surface area contributed by atoms with E-state index >= 15 is 0 Å². The number of carbonyl (C=O) groups excluding carboxylic acids is 2. The van der Waals surface area contributed by atoms with Crippen molar-refractivity contribution in [3.63, 3.8) is 0 Å². The summed E-state index contributed by atoms with van der Waals surface area (Å²) in [6.45, 7) is 6.07. The van der Waals surface area contributed by atoms with Crippen LogP contribution in [0.2, 0.25) is 5.02 Å². The van der Waals surface area contributed by atoms with Crippen LogP contribution in [0.15, 0.2) is 59.8 Å². The molecule has 1 heterocycles. The minimum Gasteiger partial charge on any atom is -0.462 e. The highest BCUT2D eigenvalue weighted by Crippen LogP contribution is 2.38.